The number of pyridine rings is 1. The van der Waals surface area contributed by atoms with Gasteiger partial charge in [0.1, 0.15) is 16.5 Å². The minimum atomic E-state index is -0.801. The summed E-state index contributed by atoms with van der Waals surface area (Å²) in [6.45, 7) is 3.55. The van der Waals surface area contributed by atoms with Crippen molar-refractivity contribution in [2.75, 3.05) is 0 Å². The van der Waals surface area contributed by atoms with Crippen LogP contribution in [0.3, 0.4) is 0 Å². The highest BCUT2D eigenvalue weighted by molar-refractivity contribution is 9.10. The maximum atomic E-state index is 9.87. The number of aryl methyl sites for hydroxylation is 1. The number of aromatic nitrogens is 1. The van der Waals surface area contributed by atoms with Gasteiger partial charge in [0.2, 0.25) is 0 Å². The minimum absolute atomic E-state index is 0.145. The molecule has 2 heterocycles. The molecule has 1 N–H and O–H groups in total. The summed E-state index contributed by atoms with van der Waals surface area (Å²) in [5.41, 5.74) is 0.350. The van der Waals surface area contributed by atoms with Crippen LogP contribution in [0.2, 0.25) is 0 Å². The molecule has 0 saturated carbocycles. The number of rotatable bonds is 1. The number of hydrogen-bond acceptors (Lipinski definition) is 3. The smallest absolute Gasteiger partial charge is 0.141 e. The van der Waals surface area contributed by atoms with Crippen LogP contribution >= 0.6 is 15.9 Å². The van der Waals surface area contributed by atoms with Crippen LogP contribution < -0.4 is 4.74 Å². The van der Waals surface area contributed by atoms with E-state index in [1.807, 2.05) is 6.07 Å². The molecule has 0 aromatic carbocycles. The molecule has 1 aromatic rings. The molecular weight excluding hydrogens is 258 g/mol. The Balaban J connectivity index is 2.24. The molecule has 0 bridgehead atoms. The molecule has 1 atom stereocenters. The molecule has 0 aliphatic carbocycles. The normalized spacial score (nSPS) is 20.7. The summed E-state index contributed by atoms with van der Waals surface area (Å²) < 4.78 is 6.54. The van der Waals surface area contributed by atoms with Gasteiger partial charge in [-0.05, 0) is 54.2 Å². The van der Waals surface area contributed by atoms with E-state index in [2.05, 4.69) is 20.9 Å². The SMILES string of the molecule is CC(C)(O)C1CCc2cc(Br)ncc2O1. The van der Waals surface area contributed by atoms with Crippen LogP contribution in [0, 0.1) is 0 Å². The maximum Gasteiger partial charge on any atom is 0.141 e. The van der Waals surface area contributed by atoms with Gasteiger partial charge in [-0.2, -0.15) is 0 Å². The van der Waals surface area contributed by atoms with Crippen LogP contribution in [0.4, 0.5) is 0 Å². The molecule has 1 unspecified atom stereocenters. The Morgan fingerprint density at radius 1 is 1.60 bits per heavy atom. The highest BCUT2D eigenvalue weighted by atomic mass is 79.9. The summed E-state index contributed by atoms with van der Waals surface area (Å²) in [5.74, 6) is 0.788. The fourth-order valence-corrected chi connectivity index (χ4v) is 2.13. The third-order valence-corrected chi connectivity index (χ3v) is 3.08. The summed E-state index contributed by atoms with van der Waals surface area (Å²) in [5, 5.41) is 9.87. The van der Waals surface area contributed by atoms with E-state index in [4.69, 9.17) is 4.74 Å². The summed E-state index contributed by atoms with van der Waals surface area (Å²) in [7, 11) is 0. The molecule has 15 heavy (non-hydrogen) atoms. The second-order valence-electron chi connectivity index (χ2n) is 4.41. The summed E-state index contributed by atoms with van der Waals surface area (Å²) in [6, 6.07) is 1.97. The molecule has 0 radical (unpaired) electrons. The van der Waals surface area contributed by atoms with Crippen LogP contribution in [-0.4, -0.2) is 21.8 Å². The Kier molecular flexibility index (Phi) is 2.73. The van der Waals surface area contributed by atoms with Crippen molar-refractivity contribution in [3.63, 3.8) is 0 Å². The van der Waals surface area contributed by atoms with E-state index >= 15 is 0 Å². The minimum Gasteiger partial charge on any atom is -0.486 e. The largest absolute Gasteiger partial charge is 0.486 e. The number of nitrogens with zero attached hydrogens (tertiary/aromatic N) is 1. The molecule has 0 amide bonds. The van der Waals surface area contributed by atoms with Gasteiger partial charge in [-0.25, -0.2) is 4.98 Å². The molecule has 1 aromatic heterocycles. The third kappa shape index (κ3) is 2.32. The lowest BCUT2D eigenvalue weighted by Crippen LogP contribution is -2.42. The lowest BCUT2D eigenvalue weighted by molar-refractivity contribution is -0.0426. The monoisotopic (exact) mass is 271 g/mol. The summed E-state index contributed by atoms with van der Waals surface area (Å²) in [4.78, 5) is 4.12. The van der Waals surface area contributed by atoms with Crippen LogP contribution in [0.25, 0.3) is 0 Å². The van der Waals surface area contributed by atoms with Gasteiger partial charge in [-0.15, -0.1) is 0 Å². The summed E-state index contributed by atoms with van der Waals surface area (Å²) >= 11 is 3.33. The van der Waals surface area contributed by atoms with Crippen molar-refractivity contribution >= 4 is 15.9 Å². The van der Waals surface area contributed by atoms with Crippen molar-refractivity contribution in [3.05, 3.63) is 22.4 Å². The lowest BCUT2D eigenvalue weighted by Gasteiger charge is -2.33. The third-order valence-electron chi connectivity index (χ3n) is 2.65. The second-order valence-corrected chi connectivity index (χ2v) is 5.23. The molecule has 4 heteroatoms. The first-order valence-corrected chi connectivity index (χ1v) is 5.79. The first kappa shape index (κ1) is 10.9. The van der Waals surface area contributed by atoms with Gasteiger partial charge in [0, 0.05) is 0 Å². The molecule has 1 aliphatic heterocycles. The Labute approximate surface area is 97.6 Å². The highest BCUT2D eigenvalue weighted by Crippen LogP contribution is 2.32. The standard InChI is InChI=1S/C11H14BrNO2/c1-11(2,14)9-4-3-7-5-10(12)13-6-8(7)15-9/h5-6,9,14H,3-4H2,1-2H3. The van der Waals surface area contributed by atoms with E-state index in [0.29, 0.717) is 0 Å². The Hall–Kier alpha value is -0.610. The number of aliphatic hydroxyl groups is 1. The van der Waals surface area contributed by atoms with E-state index in [0.717, 1.165) is 28.8 Å². The average molecular weight is 272 g/mol. The number of halogens is 1. The van der Waals surface area contributed by atoms with Crippen molar-refractivity contribution in [1.82, 2.24) is 4.98 Å². The van der Waals surface area contributed by atoms with E-state index in [1.54, 1.807) is 20.0 Å². The number of fused-ring (bicyclic) bond motifs is 1. The average Bonchev–Trinajstić information content (AvgIpc) is 2.15. The number of hydrogen-bond donors (Lipinski definition) is 1. The van der Waals surface area contributed by atoms with E-state index in [9.17, 15) is 5.11 Å². The van der Waals surface area contributed by atoms with Crippen molar-refractivity contribution in [2.45, 2.75) is 38.4 Å². The van der Waals surface area contributed by atoms with Gasteiger partial charge < -0.3 is 9.84 Å². The van der Waals surface area contributed by atoms with Gasteiger partial charge in [0.25, 0.3) is 0 Å². The first-order chi connectivity index (χ1) is 6.97. The first-order valence-electron chi connectivity index (χ1n) is 5.00. The fourth-order valence-electron chi connectivity index (χ4n) is 1.75. The Morgan fingerprint density at radius 3 is 3.00 bits per heavy atom. The van der Waals surface area contributed by atoms with E-state index in [-0.39, 0.29) is 6.10 Å². The Morgan fingerprint density at radius 2 is 2.33 bits per heavy atom. The zero-order valence-corrected chi connectivity index (χ0v) is 10.4. The van der Waals surface area contributed by atoms with Crippen LogP contribution in [0.1, 0.15) is 25.8 Å². The predicted molar refractivity (Wildman–Crippen MR) is 61.0 cm³/mol. The second kappa shape index (κ2) is 3.76. The van der Waals surface area contributed by atoms with Crippen LogP contribution in [-0.2, 0) is 6.42 Å². The molecule has 1 aliphatic rings. The maximum absolute atomic E-state index is 9.87. The summed E-state index contributed by atoms with van der Waals surface area (Å²) in [6.07, 6.45) is 3.32. The predicted octanol–water partition coefficient (Wildman–Crippen LogP) is 2.31. The molecule has 0 fully saturated rings. The van der Waals surface area contributed by atoms with Crippen LogP contribution in [0.5, 0.6) is 5.75 Å². The van der Waals surface area contributed by atoms with Crippen molar-refractivity contribution in [2.24, 2.45) is 0 Å². The van der Waals surface area contributed by atoms with Crippen molar-refractivity contribution < 1.29 is 9.84 Å². The molecule has 3 nitrogen and oxygen atoms in total. The Bertz CT molecular complexity index is 373. The molecule has 2 rings (SSSR count). The molecule has 0 saturated heterocycles. The lowest BCUT2D eigenvalue weighted by atomic mass is 9.93. The van der Waals surface area contributed by atoms with Gasteiger partial charge >= 0.3 is 0 Å². The zero-order valence-electron chi connectivity index (χ0n) is 8.83. The van der Waals surface area contributed by atoms with Crippen molar-refractivity contribution in [3.8, 4) is 5.75 Å². The molecular formula is C11H14BrNO2. The fraction of sp³-hybridized carbons (Fsp3) is 0.545. The number of ether oxygens (including phenoxy) is 1. The van der Waals surface area contributed by atoms with Gasteiger partial charge in [0.15, 0.2) is 0 Å². The van der Waals surface area contributed by atoms with Gasteiger partial charge in [-0.3, -0.25) is 0 Å². The molecule has 0 spiro atoms. The zero-order chi connectivity index (χ0) is 11.1. The van der Waals surface area contributed by atoms with E-state index in [1.165, 1.54) is 0 Å². The van der Waals surface area contributed by atoms with Crippen molar-refractivity contribution in [1.29, 1.82) is 0 Å². The van der Waals surface area contributed by atoms with Gasteiger partial charge in [0.05, 0.1) is 11.8 Å². The molecule has 82 valence electrons. The van der Waals surface area contributed by atoms with Gasteiger partial charge in [-0.1, -0.05) is 0 Å². The quantitative estimate of drug-likeness (QED) is 0.798. The topological polar surface area (TPSA) is 42.4 Å². The highest BCUT2D eigenvalue weighted by Gasteiger charge is 2.32. The van der Waals surface area contributed by atoms with E-state index < -0.39 is 5.60 Å². The van der Waals surface area contributed by atoms with Crippen LogP contribution in [0.15, 0.2) is 16.9 Å².